The standard InChI is InChI=1S/C12H10O4S/c1-15-9-3-2-4-10(6-9)17-11-5-8(7-16-11)12(13)14/h2-7H,1H3,(H,13,14). The second kappa shape index (κ2) is 4.97. The minimum atomic E-state index is -0.994. The number of rotatable bonds is 4. The number of hydrogen-bond acceptors (Lipinski definition) is 4. The second-order valence-electron chi connectivity index (χ2n) is 3.24. The van der Waals surface area contributed by atoms with Crippen LogP contribution in [0.5, 0.6) is 5.75 Å². The van der Waals surface area contributed by atoms with Gasteiger partial charge in [-0.05, 0) is 18.2 Å². The van der Waals surface area contributed by atoms with E-state index < -0.39 is 5.97 Å². The van der Waals surface area contributed by atoms with Gasteiger partial charge in [0.25, 0.3) is 0 Å². The van der Waals surface area contributed by atoms with E-state index in [-0.39, 0.29) is 5.56 Å². The molecule has 0 atom stereocenters. The summed E-state index contributed by atoms with van der Waals surface area (Å²) < 4.78 is 10.2. The molecule has 0 aliphatic rings. The lowest BCUT2D eigenvalue weighted by Crippen LogP contribution is -1.91. The number of methoxy groups -OCH3 is 1. The SMILES string of the molecule is COc1cccc(Sc2cc(C(=O)O)co2)c1. The van der Waals surface area contributed by atoms with Crippen molar-refractivity contribution >= 4 is 17.7 Å². The molecule has 0 unspecified atom stereocenters. The number of furan rings is 1. The Morgan fingerprint density at radius 3 is 2.88 bits per heavy atom. The van der Waals surface area contributed by atoms with Gasteiger partial charge in [0.2, 0.25) is 0 Å². The van der Waals surface area contributed by atoms with E-state index in [0.29, 0.717) is 5.09 Å². The Labute approximate surface area is 102 Å². The van der Waals surface area contributed by atoms with Crippen molar-refractivity contribution in [2.45, 2.75) is 9.99 Å². The third-order valence-electron chi connectivity index (χ3n) is 2.08. The van der Waals surface area contributed by atoms with Crippen LogP contribution in [0.1, 0.15) is 10.4 Å². The summed E-state index contributed by atoms with van der Waals surface area (Å²) in [7, 11) is 1.60. The molecule has 4 nitrogen and oxygen atoms in total. The van der Waals surface area contributed by atoms with E-state index >= 15 is 0 Å². The number of benzene rings is 1. The minimum Gasteiger partial charge on any atom is -0.497 e. The molecular formula is C12H10O4S. The van der Waals surface area contributed by atoms with Crippen molar-refractivity contribution < 1.29 is 19.1 Å². The Morgan fingerprint density at radius 1 is 1.41 bits per heavy atom. The van der Waals surface area contributed by atoms with Crippen molar-refractivity contribution in [2.75, 3.05) is 7.11 Å². The Bertz CT molecular complexity index is 533. The van der Waals surface area contributed by atoms with Crippen molar-refractivity contribution in [1.82, 2.24) is 0 Å². The van der Waals surface area contributed by atoms with Gasteiger partial charge in [-0.25, -0.2) is 4.79 Å². The van der Waals surface area contributed by atoms with Crippen LogP contribution < -0.4 is 4.74 Å². The van der Waals surface area contributed by atoms with E-state index in [1.54, 1.807) is 7.11 Å². The van der Waals surface area contributed by atoms with Crippen molar-refractivity contribution in [3.8, 4) is 5.75 Å². The van der Waals surface area contributed by atoms with Crippen LogP contribution >= 0.6 is 11.8 Å². The van der Waals surface area contributed by atoms with Gasteiger partial charge < -0.3 is 14.3 Å². The van der Waals surface area contributed by atoms with Crippen LogP contribution in [0.4, 0.5) is 0 Å². The highest BCUT2D eigenvalue weighted by atomic mass is 32.2. The monoisotopic (exact) mass is 250 g/mol. The normalized spacial score (nSPS) is 10.2. The number of carbonyl (C=O) groups is 1. The van der Waals surface area contributed by atoms with Crippen LogP contribution in [0.25, 0.3) is 0 Å². The maximum Gasteiger partial charge on any atom is 0.339 e. The van der Waals surface area contributed by atoms with Gasteiger partial charge in [-0.15, -0.1) is 0 Å². The van der Waals surface area contributed by atoms with E-state index in [1.807, 2.05) is 24.3 Å². The molecule has 1 aromatic heterocycles. The summed E-state index contributed by atoms with van der Waals surface area (Å²) in [5.74, 6) is -0.244. The summed E-state index contributed by atoms with van der Waals surface area (Å²) in [6.07, 6.45) is 1.23. The van der Waals surface area contributed by atoms with Crippen molar-refractivity contribution in [3.05, 3.63) is 42.2 Å². The van der Waals surface area contributed by atoms with Gasteiger partial charge in [-0.1, -0.05) is 17.8 Å². The first-order chi connectivity index (χ1) is 8.19. The maximum absolute atomic E-state index is 10.7. The molecule has 17 heavy (non-hydrogen) atoms. The first-order valence-corrected chi connectivity index (χ1v) is 5.64. The Kier molecular flexibility index (Phi) is 3.39. The minimum absolute atomic E-state index is 0.149. The van der Waals surface area contributed by atoms with Crippen LogP contribution in [-0.4, -0.2) is 18.2 Å². The smallest absolute Gasteiger partial charge is 0.339 e. The topological polar surface area (TPSA) is 59.7 Å². The van der Waals surface area contributed by atoms with Crippen LogP contribution in [0, 0.1) is 0 Å². The molecule has 0 aliphatic heterocycles. The molecule has 0 fully saturated rings. The van der Waals surface area contributed by atoms with Crippen LogP contribution in [0.3, 0.4) is 0 Å². The average Bonchev–Trinajstić information content (AvgIpc) is 2.78. The molecular weight excluding hydrogens is 240 g/mol. The molecule has 0 amide bonds. The highest BCUT2D eigenvalue weighted by Crippen LogP contribution is 2.31. The Hall–Kier alpha value is -1.88. The highest BCUT2D eigenvalue weighted by Gasteiger charge is 2.09. The molecule has 1 aromatic carbocycles. The first-order valence-electron chi connectivity index (χ1n) is 4.83. The fourth-order valence-corrected chi connectivity index (χ4v) is 2.10. The number of carboxylic acids is 1. The van der Waals surface area contributed by atoms with Crippen LogP contribution in [0.2, 0.25) is 0 Å². The highest BCUT2D eigenvalue weighted by molar-refractivity contribution is 7.99. The van der Waals surface area contributed by atoms with Crippen LogP contribution in [0.15, 0.2) is 51.0 Å². The molecule has 0 bridgehead atoms. The zero-order valence-electron chi connectivity index (χ0n) is 9.04. The number of ether oxygens (including phenoxy) is 1. The molecule has 1 N–H and O–H groups in total. The fourth-order valence-electron chi connectivity index (χ4n) is 1.26. The van der Waals surface area contributed by atoms with Crippen LogP contribution in [-0.2, 0) is 0 Å². The zero-order valence-corrected chi connectivity index (χ0v) is 9.86. The summed E-state index contributed by atoms with van der Waals surface area (Å²) >= 11 is 1.35. The molecule has 2 rings (SSSR count). The first kappa shape index (κ1) is 11.6. The summed E-state index contributed by atoms with van der Waals surface area (Å²) in [6.45, 7) is 0. The summed E-state index contributed by atoms with van der Waals surface area (Å²) in [5, 5.41) is 9.29. The second-order valence-corrected chi connectivity index (χ2v) is 4.32. The lowest BCUT2D eigenvalue weighted by molar-refractivity contribution is 0.0696. The molecule has 0 saturated carbocycles. The summed E-state index contributed by atoms with van der Waals surface area (Å²) in [4.78, 5) is 11.6. The summed E-state index contributed by atoms with van der Waals surface area (Å²) in [6, 6.07) is 8.95. The van der Waals surface area contributed by atoms with E-state index in [1.165, 1.54) is 24.1 Å². The molecule has 2 aromatic rings. The van der Waals surface area contributed by atoms with Gasteiger partial charge >= 0.3 is 5.97 Å². The lowest BCUT2D eigenvalue weighted by atomic mass is 10.3. The molecule has 88 valence electrons. The molecule has 0 saturated heterocycles. The maximum atomic E-state index is 10.7. The van der Waals surface area contributed by atoms with Gasteiger partial charge in [0.05, 0.1) is 12.7 Å². The van der Waals surface area contributed by atoms with Crippen molar-refractivity contribution in [2.24, 2.45) is 0 Å². The molecule has 0 radical (unpaired) electrons. The van der Waals surface area contributed by atoms with Gasteiger partial charge in [-0.2, -0.15) is 0 Å². The summed E-state index contributed by atoms with van der Waals surface area (Å²) in [5.41, 5.74) is 0.149. The zero-order chi connectivity index (χ0) is 12.3. The lowest BCUT2D eigenvalue weighted by Gasteiger charge is -2.01. The Balaban J connectivity index is 2.16. The number of carboxylic acid groups (broad SMARTS) is 1. The largest absolute Gasteiger partial charge is 0.497 e. The van der Waals surface area contributed by atoms with E-state index in [2.05, 4.69) is 0 Å². The van der Waals surface area contributed by atoms with Gasteiger partial charge in [0.15, 0.2) is 5.09 Å². The predicted molar refractivity (Wildman–Crippen MR) is 62.8 cm³/mol. The van der Waals surface area contributed by atoms with Crippen molar-refractivity contribution in [1.29, 1.82) is 0 Å². The van der Waals surface area contributed by atoms with Gasteiger partial charge in [0, 0.05) is 11.0 Å². The quantitative estimate of drug-likeness (QED) is 0.903. The number of hydrogen-bond donors (Lipinski definition) is 1. The van der Waals surface area contributed by atoms with E-state index in [4.69, 9.17) is 14.3 Å². The predicted octanol–water partition coefficient (Wildman–Crippen LogP) is 3.14. The van der Waals surface area contributed by atoms with E-state index in [9.17, 15) is 4.79 Å². The van der Waals surface area contributed by atoms with Gasteiger partial charge in [-0.3, -0.25) is 0 Å². The average molecular weight is 250 g/mol. The van der Waals surface area contributed by atoms with Crippen molar-refractivity contribution in [3.63, 3.8) is 0 Å². The van der Waals surface area contributed by atoms with E-state index in [0.717, 1.165) is 10.6 Å². The third kappa shape index (κ3) is 2.82. The molecule has 1 heterocycles. The molecule has 5 heteroatoms. The third-order valence-corrected chi connectivity index (χ3v) is 2.99. The van der Waals surface area contributed by atoms with Gasteiger partial charge in [0.1, 0.15) is 12.0 Å². The number of aromatic carboxylic acids is 1. The molecule has 0 spiro atoms. The molecule has 0 aliphatic carbocycles. The Morgan fingerprint density at radius 2 is 2.24 bits per heavy atom. The fraction of sp³-hybridized carbons (Fsp3) is 0.0833.